The highest BCUT2D eigenvalue weighted by Gasteiger charge is 2.19. The van der Waals surface area contributed by atoms with Gasteiger partial charge >= 0.3 is 0 Å². The molecule has 1 N–H and O–H groups in total. The maximum absolute atomic E-state index is 13.1. The number of aryl methyl sites for hydroxylation is 1. The van der Waals surface area contributed by atoms with Gasteiger partial charge < -0.3 is 19.1 Å². The monoisotopic (exact) mass is 420 g/mol. The zero-order valence-corrected chi connectivity index (χ0v) is 16.9. The van der Waals surface area contributed by atoms with Crippen molar-refractivity contribution in [2.45, 2.75) is 13.0 Å². The lowest BCUT2D eigenvalue weighted by Gasteiger charge is -2.26. The number of ether oxygens (including phenoxy) is 1. The number of carbonyl (C=O) groups excluding carboxylic acids is 1. The van der Waals surface area contributed by atoms with Gasteiger partial charge in [-0.1, -0.05) is 22.0 Å². The third kappa shape index (κ3) is 5.19. The first-order valence-electron chi connectivity index (χ1n) is 9.20. The fraction of sp³-hybridized carbons (Fsp3) is 0.450. The molecule has 0 bridgehead atoms. The first kappa shape index (κ1) is 19.1. The number of amides is 1. The van der Waals surface area contributed by atoms with E-state index in [1.165, 1.54) is 0 Å². The minimum Gasteiger partial charge on any atom is -0.370 e. The van der Waals surface area contributed by atoms with E-state index in [9.17, 15) is 4.79 Å². The van der Waals surface area contributed by atoms with Crippen molar-refractivity contribution in [3.63, 3.8) is 0 Å². The molecule has 1 aliphatic rings. The lowest BCUT2D eigenvalue weighted by atomic mass is 10.2. The summed E-state index contributed by atoms with van der Waals surface area (Å²) in [5.41, 5.74) is 1.87. The van der Waals surface area contributed by atoms with Gasteiger partial charge in [-0.05, 0) is 30.3 Å². The lowest BCUT2D eigenvalue weighted by molar-refractivity contribution is -0.908. The fourth-order valence-electron chi connectivity index (χ4n) is 3.34. The predicted octanol–water partition coefficient (Wildman–Crippen LogP) is 1.74. The average molecular weight is 421 g/mol. The van der Waals surface area contributed by atoms with Crippen molar-refractivity contribution in [3.05, 3.63) is 58.3 Å². The maximum atomic E-state index is 13.1. The Morgan fingerprint density at radius 2 is 2.08 bits per heavy atom. The third-order valence-electron chi connectivity index (χ3n) is 4.92. The molecule has 140 valence electrons. The van der Waals surface area contributed by atoms with E-state index in [2.05, 4.69) is 26.6 Å². The smallest absolute Gasteiger partial charge is 0.254 e. The molecule has 0 unspecified atom stereocenters. The summed E-state index contributed by atoms with van der Waals surface area (Å²) in [6.45, 7) is 6.31. The average Bonchev–Trinajstić information content (AvgIpc) is 3.06. The van der Waals surface area contributed by atoms with Crippen LogP contribution in [0.5, 0.6) is 0 Å². The summed E-state index contributed by atoms with van der Waals surface area (Å²) in [6, 6.07) is 11.7. The Labute approximate surface area is 163 Å². The van der Waals surface area contributed by atoms with E-state index in [0.717, 1.165) is 61.5 Å². The molecule has 0 aliphatic carbocycles. The molecule has 1 aromatic heterocycles. The van der Waals surface area contributed by atoms with Crippen molar-refractivity contribution in [1.82, 2.24) is 9.47 Å². The number of nitrogens with one attached hydrogen (secondary N) is 1. The molecule has 0 spiro atoms. The van der Waals surface area contributed by atoms with Gasteiger partial charge in [0.25, 0.3) is 5.91 Å². The van der Waals surface area contributed by atoms with Crippen LogP contribution < -0.4 is 4.90 Å². The highest BCUT2D eigenvalue weighted by atomic mass is 79.9. The zero-order valence-electron chi connectivity index (χ0n) is 15.3. The molecule has 1 amide bonds. The molecule has 1 aromatic carbocycles. The zero-order chi connectivity index (χ0) is 18.4. The van der Waals surface area contributed by atoms with Crippen molar-refractivity contribution in [2.24, 2.45) is 7.05 Å². The van der Waals surface area contributed by atoms with E-state index >= 15 is 0 Å². The topological polar surface area (TPSA) is 38.9 Å². The van der Waals surface area contributed by atoms with E-state index in [4.69, 9.17) is 4.74 Å². The SMILES string of the molecule is Cn1cccc1CN(CCC[NH+]1CCOCC1)C(=O)c1cccc(Br)c1. The van der Waals surface area contributed by atoms with E-state index in [1.807, 2.05) is 48.5 Å². The number of hydrogen-bond donors (Lipinski definition) is 1. The highest BCUT2D eigenvalue weighted by molar-refractivity contribution is 9.10. The van der Waals surface area contributed by atoms with Crippen LogP contribution in [0.3, 0.4) is 0 Å². The molecule has 0 atom stereocenters. The summed E-state index contributed by atoms with van der Waals surface area (Å²) in [5.74, 6) is 0.0875. The van der Waals surface area contributed by atoms with Crippen LogP contribution in [0.4, 0.5) is 0 Å². The Kier molecular flexibility index (Phi) is 6.88. The van der Waals surface area contributed by atoms with E-state index in [1.54, 1.807) is 4.90 Å². The number of benzene rings is 1. The number of carbonyl (C=O) groups is 1. The summed E-state index contributed by atoms with van der Waals surface area (Å²) in [4.78, 5) is 16.6. The summed E-state index contributed by atoms with van der Waals surface area (Å²) >= 11 is 3.47. The minimum absolute atomic E-state index is 0.0875. The van der Waals surface area contributed by atoms with Crippen LogP contribution in [0.15, 0.2) is 47.1 Å². The van der Waals surface area contributed by atoms with Crippen molar-refractivity contribution in [3.8, 4) is 0 Å². The third-order valence-corrected chi connectivity index (χ3v) is 5.41. The quantitative estimate of drug-likeness (QED) is 0.740. The molecule has 1 fully saturated rings. The second-order valence-electron chi connectivity index (χ2n) is 6.81. The van der Waals surface area contributed by atoms with Gasteiger partial charge in [0.05, 0.1) is 26.3 Å². The van der Waals surface area contributed by atoms with Crippen molar-refractivity contribution >= 4 is 21.8 Å². The standard InChI is InChI=1S/C20H26BrN3O2/c1-22-8-3-7-19(22)16-24(10-4-9-23-11-13-26-14-12-23)20(25)17-5-2-6-18(21)15-17/h2-3,5-8,15H,4,9-14,16H2,1H3/p+1. The Balaban J connectivity index is 1.66. The number of aromatic nitrogens is 1. The van der Waals surface area contributed by atoms with Gasteiger partial charge in [0.2, 0.25) is 0 Å². The van der Waals surface area contributed by atoms with E-state index in [0.29, 0.717) is 6.54 Å². The van der Waals surface area contributed by atoms with Gasteiger partial charge in [-0.15, -0.1) is 0 Å². The first-order chi connectivity index (χ1) is 12.6. The van der Waals surface area contributed by atoms with E-state index < -0.39 is 0 Å². The normalized spacial score (nSPS) is 15.2. The molecular formula is C20H27BrN3O2+. The minimum atomic E-state index is 0.0875. The van der Waals surface area contributed by atoms with Gasteiger partial charge in [0.1, 0.15) is 13.1 Å². The van der Waals surface area contributed by atoms with Gasteiger partial charge in [-0.3, -0.25) is 4.79 Å². The van der Waals surface area contributed by atoms with Crippen LogP contribution in [-0.2, 0) is 18.3 Å². The van der Waals surface area contributed by atoms with Gasteiger partial charge in [0, 0.05) is 41.9 Å². The largest absolute Gasteiger partial charge is 0.370 e. The molecular weight excluding hydrogens is 394 g/mol. The fourth-order valence-corrected chi connectivity index (χ4v) is 3.74. The van der Waals surface area contributed by atoms with Gasteiger partial charge in [0.15, 0.2) is 0 Å². The number of quaternary nitrogens is 1. The van der Waals surface area contributed by atoms with Crippen LogP contribution in [-0.4, -0.2) is 54.8 Å². The molecule has 1 saturated heterocycles. The second kappa shape index (κ2) is 9.35. The predicted molar refractivity (Wildman–Crippen MR) is 105 cm³/mol. The molecule has 2 heterocycles. The Morgan fingerprint density at radius 1 is 1.27 bits per heavy atom. The number of rotatable bonds is 7. The number of hydrogen-bond acceptors (Lipinski definition) is 2. The molecule has 26 heavy (non-hydrogen) atoms. The van der Waals surface area contributed by atoms with Crippen LogP contribution in [0.2, 0.25) is 0 Å². The summed E-state index contributed by atoms with van der Waals surface area (Å²) in [7, 11) is 2.02. The van der Waals surface area contributed by atoms with Gasteiger partial charge in [-0.2, -0.15) is 0 Å². The molecule has 3 rings (SSSR count). The molecule has 6 heteroatoms. The number of halogens is 1. The van der Waals surface area contributed by atoms with Crippen molar-refractivity contribution in [2.75, 3.05) is 39.4 Å². The second-order valence-corrected chi connectivity index (χ2v) is 7.73. The Hall–Kier alpha value is -1.63. The van der Waals surface area contributed by atoms with Crippen molar-refractivity contribution < 1.29 is 14.4 Å². The number of morpholine rings is 1. The number of nitrogens with zero attached hydrogens (tertiary/aromatic N) is 2. The van der Waals surface area contributed by atoms with Crippen LogP contribution in [0, 0.1) is 0 Å². The molecule has 0 radical (unpaired) electrons. The molecule has 0 saturated carbocycles. The summed E-state index contributed by atoms with van der Waals surface area (Å²) in [6.07, 6.45) is 3.02. The molecule has 1 aliphatic heterocycles. The Bertz CT molecular complexity index is 725. The van der Waals surface area contributed by atoms with E-state index in [-0.39, 0.29) is 5.91 Å². The maximum Gasteiger partial charge on any atom is 0.254 e. The van der Waals surface area contributed by atoms with Crippen LogP contribution in [0.1, 0.15) is 22.5 Å². The first-order valence-corrected chi connectivity index (χ1v) is 9.99. The van der Waals surface area contributed by atoms with Crippen molar-refractivity contribution in [1.29, 1.82) is 0 Å². The Morgan fingerprint density at radius 3 is 2.77 bits per heavy atom. The molecule has 5 nitrogen and oxygen atoms in total. The van der Waals surface area contributed by atoms with Crippen LogP contribution >= 0.6 is 15.9 Å². The highest BCUT2D eigenvalue weighted by Crippen LogP contribution is 2.15. The summed E-state index contributed by atoms with van der Waals surface area (Å²) < 4.78 is 8.43. The summed E-state index contributed by atoms with van der Waals surface area (Å²) in [5, 5.41) is 0. The van der Waals surface area contributed by atoms with Crippen LogP contribution in [0.25, 0.3) is 0 Å². The van der Waals surface area contributed by atoms with Gasteiger partial charge in [-0.25, -0.2) is 0 Å². The molecule has 2 aromatic rings. The lowest BCUT2D eigenvalue weighted by Crippen LogP contribution is -3.14.